The van der Waals surface area contributed by atoms with Crippen molar-refractivity contribution in [1.29, 1.82) is 0 Å². The molecule has 0 saturated heterocycles. The molecule has 1 heterocycles. The van der Waals surface area contributed by atoms with Gasteiger partial charge in [0.05, 0.1) is 6.61 Å². The van der Waals surface area contributed by atoms with E-state index in [0.29, 0.717) is 42.3 Å². The Morgan fingerprint density at radius 3 is 2.68 bits per heavy atom. The second-order valence-electron chi connectivity index (χ2n) is 6.81. The van der Waals surface area contributed by atoms with Crippen LogP contribution in [0.5, 0.6) is 5.75 Å². The van der Waals surface area contributed by atoms with Crippen molar-refractivity contribution in [3.8, 4) is 5.75 Å². The molecule has 0 radical (unpaired) electrons. The maximum Gasteiger partial charge on any atom is 0.257 e. The average Bonchev–Trinajstić information content (AvgIpc) is 3.15. The summed E-state index contributed by atoms with van der Waals surface area (Å²) in [5.41, 5.74) is 1.21. The molecule has 1 amide bonds. The van der Waals surface area contributed by atoms with Gasteiger partial charge in [0.2, 0.25) is 0 Å². The predicted octanol–water partition coefficient (Wildman–Crippen LogP) is 4.54. The minimum atomic E-state index is -0.670. The zero-order chi connectivity index (χ0) is 22.2. The lowest BCUT2D eigenvalue weighted by Crippen LogP contribution is -2.13. The first-order valence-corrected chi connectivity index (χ1v) is 9.65. The van der Waals surface area contributed by atoms with Crippen LogP contribution in [0.2, 0.25) is 0 Å². The summed E-state index contributed by atoms with van der Waals surface area (Å²) in [5.74, 6) is -0.761. The third-order valence-electron chi connectivity index (χ3n) is 4.33. The summed E-state index contributed by atoms with van der Waals surface area (Å²) in [6, 6.07) is 10.0. The molecule has 0 fully saturated rings. The normalized spacial score (nSPS) is 11.1. The Labute approximate surface area is 179 Å². The van der Waals surface area contributed by atoms with Crippen LogP contribution in [0.3, 0.4) is 0 Å². The van der Waals surface area contributed by atoms with Crippen molar-refractivity contribution in [2.24, 2.45) is 7.05 Å². The van der Waals surface area contributed by atoms with Gasteiger partial charge >= 0.3 is 0 Å². The molecule has 1 N–H and O–H groups in total. The number of nitrogens with zero attached hydrogens (tertiary/aromatic N) is 2. The molecule has 1 aromatic heterocycles. The quantitative estimate of drug-likeness (QED) is 0.402. The van der Waals surface area contributed by atoms with Crippen LogP contribution in [0, 0.1) is 11.6 Å². The highest BCUT2D eigenvalue weighted by Crippen LogP contribution is 2.21. The minimum absolute atomic E-state index is 0.229. The van der Waals surface area contributed by atoms with E-state index < -0.39 is 11.6 Å². The molecule has 0 saturated carbocycles. The van der Waals surface area contributed by atoms with Crippen molar-refractivity contribution in [3.05, 3.63) is 77.0 Å². The number of hydrogen-bond donors (Lipinski definition) is 1. The first kappa shape index (κ1) is 22.2. The summed E-state index contributed by atoms with van der Waals surface area (Å²) in [6.45, 7) is 0.964. The van der Waals surface area contributed by atoms with E-state index in [1.54, 1.807) is 55.4 Å². The number of hydrogen-bond acceptors (Lipinski definition) is 4. The molecule has 0 bridgehead atoms. The Kier molecular flexibility index (Phi) is 7.50. The van der Waals surface area contributed by atoms with Gasteiger partial charge in [-0.15, -0.1) is 0 Å². The van der Waals surface area contributed by atoms with Gasteiger partial charge in [0.1, 0.15) is 17.4 Å². The molecule has 162 valence electrons. The van der Waals surface area contributed by atoms with Crippen molar-refractivity contribution >= 4 is 23.9 Å². The van der Waals surface area contributed by atoms with E-state index in [4.69, 9.17) is 9.47 Å². The first-order chi connectivity index (χ1) is 14.9. The maximum absolute atomic E-state index is 13.9. The standard InChI is InChI=1S/C23H23F2N3O3/c1-28-9-8-22(27-28)26-23(29)18-12-16(13-20(14-18)31-11-3-10-30-2)4-5-17-6-7-19(24)15-21(17)25/h4-9,12-15H,3,10-11H2,1-2H3,(H,26,27,29)/b5-4+. The molecular formula is C23H23F2N3O3. The van der Waals surface area contributed by atoms with Gasteiger partial charge in [-0.1, -0.05) is 12.2 Å². The number of nitrogens with one attached hydrogen (secondary N) is 1. The van der Waals surface area contributed by atoms with E-state index in [1.165, 1.54) is 18.2 Å². The van der Waals surface area contributed by atoms with Crippen molar-refractivity contribution < 1.29 is 23.0 Å². The number of anilines is 1. The van der Waals surface area contributed by atoms with E-state index in [0.717, 1.165) is 6.07 Å². The van der Waals surface area contributed by atoms with E-state index in [2.05, 4.69) is 10.4 Å². The summed E-state index contributed by atoms with van der Waals surface area (Å²) >= 11 is 0. The fourth-order valence-corrected chi connectivity index (χ4v) is 2.82. The topological polar surface area (TPSA) is 65.4 Å². The van der Waals surface area contributed by atoms with E-state index in [9.17, 15) is 13.6 Å². The monoisotopic (exact) mass is 427 g/mol. The molecule has 8 heteroatoms. The smallest absolute Gasteiger partial charge is 0.257 e. The Morgan fingerprint density at radius 2 is 1.97 bits per heavy atom. The molecule has 0 unspecified atom stereocenters. The van der Waals surface area contributed by atoms with Gasteiger partial charge in [0, 0.05) is 56.6 Å². The lowest BCUT2D eigenvalue weighted by atomic mass is 10.1. The van der Waals surface area contributed by atoms with Crippen LogP contribution in [0.4, 0.5) is 14.6 Å². The molecule has 0 aliphatic carbocycles. The van der Waals surface area contributed by atoms with Crippen LogP contribution in [0.15, 0.2) is 48.7 Å². The van der Waals surface area contributed by atoms with Crippen LogP contribution < -0.4 is 10.1 Å². The number of carbonyl (C=O) groups excluding carboxylic acids is 1. The molecule has 6 nitrogen and oxygen atoms in total. The number of methoxy groups -OCH3 is 1. The number of amides is 1. The molecule has 0 aliphatic rings. The van der Waals surface area contributed by atoms with Crippen molar-refractivity contribution in [2.45, 2.75) is 6.42 Å². The van der Waals surface area contributed by atoms with Gasteiger partial charge < -0.3 is 14.8 Å². The van der Waals surface area contributed by atoms with Gasteiger partial charge in [-0.3, -0.25) is 9.48 Å². The fraction of sp³-hybridized carbons (Fsp3) is 0.217. The van der Waals surface area contributed by atoms with Crippen LogP contribution >= 0.6 is 0 Å². The van der Waals surface area contributed by atoms with Gasteiger partial charge in [-0.2, -0.15) is 5.10 Å². The summed E-state index contributed by atoms with van der Waals surface area (Å²) in [7, 11) is 3.36. The highest BCUT2D eigenvalue weighted by atomic mass is 19.1. The number of ether oxygens (including phenoxy) is 2. The molecule has 0 atom stereocenters. The van der Waals surface area contributed by atoms with Crippen LogP contribution in [0.25, 0.3) is 12.2 Å². The van der Waals surface area contributed by atoms with Crippen LogP contribution in [-0.2, 0) is 11.8 Å². The zero-order valence-corrected chi connectivity index (χ0v) is 17.3. The summed E-state index contributed by atoms with van der Waals surface area (Å²) < 4.78 is 39.4. The fourth-order valence-electron chi connectivity index (χ4n) is 2.82. The van der Waals surface area contributed by atoms with Gasteiger partial charge in [-0.05, 0) is 35.9 Å². The summed E-state index contributed by atoms with van der Waals surface area (Å²) in [6.07, 6.45) is 5.55. The average molecular weight is 427 g/mol. The minimum Gasteiger partial charge on any atom is -0.493 e. The number of carbonyl (C=O) groups is 1. The van der Waals surface area contributed by atoms with Crippen molar-refractivity contribution in [1.82, 2.24) is 9.78 Å². The Balaban J connectivity index is 1.84. The third kappa shape index (κ3) is 6.48. The Bertz CT molecular complexity index is 1080. The molecule has 3 rings (SSSR count). The number of rotatable bonds is 9. The second-order valence-corrected chi connectivity index (χ2v) is 6.81. The van der Waals surface area contributed by atoms with Gasteiger partial charge in [0.15, 0.2) is 5.82 Å². The number of halogens is 2. The lowest BCUT2D eigenvalue weighted by Gasteiger charge is -2.10. The van der Waals surface area contributed by atoms with Gasteiger partial charge in [-0.25, -0.2) is 8.78 Å². The van der Waals surface area contributed by atoms with E-state index >= 15 is 0 Å². The van der Waals surface area contributed by atoms with E-state index in [-0.39, 0.29) is 11.5 Å². The number of aromatic nitrogens is 2. The molecular weight excluding hydrogens is 404 g/mol. The molecule has 0 spiro atoms. The first-order valence-electron chi connectivity index (χ1n) is 9.65. The molecule has 3 aromatic rings. The SMILES string of the molecule is COCCCOc1cc(/C=C/c2ccc(F)cc2F)cc(C(=O)Nc2ccn(C)n2)c1. The van der Waals surface area contributed by atoms with E-state index in [1.807, 2.05) is 0 Å². The summed E-state index contributed by atoms with van der Waals surface area (Å²) in [4.78, 5) is 12.7. The zero-order valence-electron chi connectivity index (χ0n) is 17.3. The highest BCUT2D eigenvalue weighted by molar-refractivity contribution is 6.04. The maximum atomic E-state index is 13.9. The number of aryl methyl sites for hydroxylation is 1. The largest absolute Gasteiger partial charge is 0.493 e. The van der Waals surface area contributed by atoms with Gasteiger partial charge in [0.25, 0.3) is 5.91 Å². The second kappa shape index (κ2) is 10.5. The highest BCUT2D eigenvalue weighted by Gasteiger charge is 2.11. The van der Waals surface area contributed by atoms with Crippen LogP contribution in [-0.4, -0.2) is 36.0 Å². The lowest BCUT2D eigenvalue weighted by molar-refractivity contribution is 0.102. The third-order valence-corrected chi connectivity index (χ3v) is 4.33. The predicted molar refractivity (Wildman–Crippen MR) is 115 cm³/mol. The van der Waals surface area contributed by atoms with Crippen LogP contribution in [0.1, 0.15) is 27.9 Å². The molecule has 31 heavy (non-hydrogen) atoms. The van der Waals surface area contributed by atoms with Crippen molar-refractivity contribution in [2.75, 3.05) is 25.6 Å². The molecule has 2 aromatic carbocycles. The number of benzene rings is 2. The Morgan fingerprint density at radius 1 is 1.13 bits per heavy atom. The van der Waals surface area contributed by atoms with Crippen molar-refractivity contribution in [3.63, 3.8) is 0 Å². The molecule has 0 aliphatic heterocycles. The summed E-state index contributed by atoms with van der Waals surface area (Å²) in [5, 5.41) is 6.86. The Hall–Kier alpha value is -3.52.